The van der Waals surface area contributed by atoms with Gasteiger partial charge in [0.25, 0.3) is 0 Å². The Bertz CT molecular complexity index is 322. The smallest absolute Gasteiger partial charge is 0.231 e. The molecule has 0 radical (unpaired) electrons. The fourth-order valence-corrected chi connectivity index (χ4v) is 2.59. The van der Waals surface area contributed by atoms with Crippen LogP contribution in [-0.4, -0.2) is 36.4 Å². The van der Waals surface area contributed by atoms with E-state index < -0.39 is 0 Å². The van der Waals surface area contributed by atoms with Crippen molar-refractivity contribution in [1.82, 2.24) is 15.5 Å². The fourth-order valence-electron chi connectivity index (χ4n) is 2.59. The number of aromatic nitrogens is 2. The Hall–Kier alpha value is -0.940. The topological polar surface area (TPSA) is 60.2 Å². The molecule has 2 fully saturated rings. The molecule has 0 spiro atoms. The SMILES string of the molecule is C1COCC(c2noc(C3CCCNC3)n2)C1. The quantitative estimate of drug-likeness (QED) is 0.843. The molecule has 2 aliphatic rings. The van der Waals surface area contributed by atoms with Crippen molar-refractivity contribution in [2.24, 2.45) is 0 Å². The standard InChI is InChI=1S/C12H19N3O2/c1-3-9(7-13-5-1)12-14-11(15-17-12)10-4-2-6-16-8-10/h9-10,13H,1-8H2. The van der Waals surface area contributed by atoms with E-state index in [2.05, 4.69) is 15.5 Å². The molecule has 1 aromatic heterocycles. The molecule has 0 aromatic carbocycles. The van der Waals surface area contributed by atoms with Crippen LogP contribution in [-0.2, 0) is 4.74 Å². The van der Waals surface area contributed by atoms with E-state index in [1.54, 1.807) is 0 Å². The molecule has 2 atom stereocenters. The van der Waals surface area contributed by atoms with Crippen molar-refractivity contribution in [3.8, 4) is 0 Å². The zero-order chi connectivity index (χ0) is 11.5. The van der Waals surface area contributed by atoms with Gasteiger partial charge in [-0.25, -0.2) is 0 Å². The molecule has 1 aromatic rings. The van der Waals surface area contributed by atoms with Gasteiger partial charge in [-0.2, -0.15) is 4.98 Å². The van der Waals surface area contributed by atoms with Crippen molar-refractivity contribution < 1.29 is 9.26 Å². The maximum atomic E-state index is 5.46. The van der Waals surface area contributed by atoms with E-state index in [-0.39, 0.29) is 0 Å². The molecular formula is C12H19N3O2. The zero-order valence-corrected chi connectivity index (χ0v) is 10.0. The Morgan fingerprint density at radius 1 is 1.18 bits per heavy atom. The normalized spacial score (nSPS) is 30.4. The second kappa shape index (κ2) is 5.14. The number of hydrogen-bond acceptors (Lipinski definition) is 5. The Kier molecular flexibility index (Phi) is 3.38. The molecule has 3 rings (SSSR count). The first kappa shape index (κ1) is 11.2. The third-order valence-electron chi connectivity index (χ3n) is 3.63. The number of ether oxygens (including phenoxy) is 1. The van der Waals surface area contributed by atoms with Crippen LogP contribution in [0.25, 0.3) is 0 Å². The Labute approximate surface area is 101 Å². The van der Waals surface area contributed by atoms with Crippen LogP contribution in [0.5, 0.6) is 0 Å². The van der Waals surface area contributed by atoms with E-state index in [0.717, 1.165) is 57.3 Å². The molecule has 2 saturated heterocycles. The third kappa shape index (κ3) is 2.50. The Balaban J connectivity index is 1.68. The van der Waals surface area contributed by atoms with E-state index in [9.17, 15) is 0 Å². The monoisotopic (exact) mass is 237 g/mol. The minimum atomic E-state index is 0.331. The van der Waals surface area contributed by atoms with Gasteiger partial charge in [0.2, 0.25) is 5.89 Å². The number of piperidine rings is 1. The van der Waals surface area contributed by atoms with E-state index in [1.165, 1.54) is 6.42 Å². The maximum Gasteiger partial charge on any atom is 0.231 e. The molecule has 3 heterocycles. The predicted octanol–water partition coefficient (Wildman–Crippen LogP) is 1.43. The van der Waals surface area contributed by atoms with Crippen LogP contribution in [0.4, 0.5) is 0 Å². The van der Waals surface area contributed by atoms with Gasteiger partial charge < -0.3 is 14.6 Å². The largest absolute Gasteiger partial charge is 0.381 e. The van der Waals surface area contributed by atoms with Gasteiger partial charge in [-0.05, 0) is 32.2 Å². The molecule has 0 amide bonds. The fraction of sp³-hybridized carbons (Fsp3) is 0.833. The maximum absolute atomic E-state index is 5.46. The van der Waals surface area contributed by atoms with Crippen LogP contribution in [0.2, 0.25) is 0 Å². The minimum absolute atomic E-state index is 0.331. The van der Waals surface area contributed by atoms with Gasteiger partial charge in [-0.3, -0.25) is 0 Å². The number of rotatable bonds is 2. The van der Waals surface area contributed by atoms with Crippen molar-refractivity contribution in [1.29, 1.82) is 0 Å². The summed E-state index contributed by atoms with van der Waals surface area (Å²) in [6.45, 7) is 3.67. The summed E-state index contributed by atoms with van der Waals surface area (Å²) in [6, 6.07) is 0. The first-order chi connectivity index (χ1) is 8.43. The molecule has 0 aliphatic carbocycles. The van der Waals surface area contributed by atoms with Crippen LogP contribution in [0.1, 0.15) is 49.2 Å². The average Bonchev–Trinajstić information content (AvgIpc) is 2.90. The lowest BCUT2D eigenvalue weighted by Gasteiger charge is -2.19. The molecule has 1 N–H and O–H groups in total. The summed E-state index contributed by atoms with van der Waals surface area (Å²) in [7, 11) is 0. The van der Waals surface area contributed by atoms with E-state index in [0.29, 0.717) is 11.8 Å². The van der Waals surface area contributed by atoms with Crippen LogP contribution in [0.15, 0.2) is 4.52 Å². The minimum Gasteiger partial charge on any atom is -0.381 e. The highest BCUT2D eigenvalue weighted by Crippen LogP contribution is 2.26. The van der Waals surface area contributed by atoms with Gasteiger partial charge in [0, 0.05) is 19.1 Å². The molecule has 94 valence electrons. The Morgan fingerprint density at radius 3 is 2.88 bits per heavy atom. The Morgan fingerprint density at radius 2 is 2.12 bits per heavy atom. The molecule has 17 heavy (non-hydrogen) atoms. The molecule has 0 saturated carbocycles. The summed E-state index contributed by atoms with van der Waals surface area (Å²) in [4.78, 5) is 4.56. The molecule has 2 aliphatic heterocycles. The zero-order valence-electron chi connectivity index (χ0n) is 10.0. The van der Waals surface area contributed by atoms with E-state index in [4.69, 9.17) is 9.26 Å². The summed E-state index contributed by atoms with van der Waals surface area (Å²) >= 11 is 0. The summed E-state index contributed by atoms with van der Waals surface area (Å²) in [6.07, 6.45) is 4.55. The first-order valence-corrected chi connectivity index (χ1v) is 6.55. The molecule has 5 nitrogen and oxygen atoms in total. The molecule has 2 unspecified atom stereocenters. The highest BCUT2D eigenvalue weighted by molar-refractivity contribution is 5.01. The number of nitrogens with zero attached hydrogens (tertiary/aromatic N) is 2. The van der Waals surface area contributed by atoms with Crippen LogP contribution < -0.4 is 5.32 Å². The van der Waals surface area contributed by atoms with Crippen molar-refractivity contribution in [3.05, 3.63) is 11.7 Å². The van der Waals surface area contributed by atoms with Gasteiger partial charge in [-0.1, -0.05) is 5.16 Å². The molecular weight excluding hydrogens is 218 g/mol. The summed E-state index contributed by atoms with van der Waals surface area (Å²) < 4.78 is 10.9. The van der Waals surface area contributed by atoms with Gasteiger partial charge in [0.1, 0.15) is 0 Å². The summed E-state index contributed by atoms with van der Waals surface area (Å²) in [5, 5.41) is 7.49. The highest BCUT2D eigenvalue weighted by atomic mass is 16.5. The second-order valence-electron chi connectivity index (χ2n) is 4.95. The first-order valence-electron chi connectivity index (χ1n) is 6.55. The van der Waals surface area contributed by atoms with Crippen LogP contribution >= 0.6 is 0 Å². The van der Waals surface area contributed by atoms with Gasteiger partial charge in [0.05, 0.1) is 12.5 Å². The van der Waals surface area contributed by atoms with Gasteiger partial charge >= 0.3 is 0 Å². The number of hydrogen-bond donors (Lipinski definition) is 1. The van der Waals surface area contributed by atoms with E-state index >= 15 is 0 Å². The second-order valence-corrected chi connectivity index (χ2v) is 4.95. The van der Waals surface area contributed by atoms with E-state index in [1.807, 2.05) is 0 Å². The van der Waals surface area contributed by atoms with Gasteiger partial charge in [0.15, 0.2) is 5.82 Å². The van der Waals surface area contributed by atoms with Crippen LogP contribution in [0.3, 0.4) is 0 Å². The van der Waals surface area contributed by atoms with Crippen molar-refractivity contribution in [2.75, 3.05) is 26.3 Å². The van der Waals surface area contributed by atoms with Crippen molar-refractivity contribution in [3.63, 3.8) is 0 Å². The lowest BCUT2D eigenvalue weighted by Crippen LogP contribution is -2.28. The van der Waals surface area contributed by atoms with Crippen molar-refractivity contribution >= 4 is 0 Å². The average molecular weight is 237 g/mol. The molecule has 0 bridgehead atoms. The summed E-state index contributed by atoms with van der Waals surface area (Å²) in [5.74, 6) is 2.37. The predicted molar refractivity (Wildman–Crippen MR) is 61.9 cm³/mol. The lowest BCUT2D eigenvalue weighted by atomic mass is 9.99. The lowest BCUT2D eigenvalue weighted by molar-refractivity contribution is 0.0773. The van der Waals surface area contributed by atoms with Crippen molar-refractivity contribution in [2.45, 2.75) is 37.5 Å². The summed E-state index contributed by atoms with van der Waals surface area (Å²) in [5.41, 5.74) is 0. The third-order valence-corrected chi connectivity index (χ3v) is 3.63. The highest BCUT2D eigenvalue weighted by Gasteiger charge is 2.25. The van der Waals surface area contributed by atoms with Crippen LogP contribution in [0, 0.1) is 0 Å². The number of nitrogens with one attached hydrogen (secondary N) is 1. The van der Waals surface area contributed by atoms with Gasteiger partial charge in [-0.15, -0.1) is 0 Å². The molecule has 5 heteroatoms.